The molecular formula is C26H25NO6. The molecule has 0 spiro atoms. The highest BCUT2D eigenvalue weighted by molar-refractivity contribution is 5.79. The number of nitrogens with one attached hydrogen (secondary N) is 1. The smallest absolute Gasteiger partial charge is 0.407 e. The zero-order valence-electron chi connectivity index (χ0n) is 18.4. The SMILES string of the molecule is COc1cccc(OC)c1[C@@H](CC(=O)O)NC(=O)OCC1c2ccccc2-c2ccccc21. The van der Waals surface area contributed by atoms with E-state index in [-0.39, 0.29) is 18.9 Å². The Morgan fingerprint density at radius 1 is 0.879 bits per heavy atom. The predicted octanol–water partition coefficient (Wildman–Crippen LogP) is 4.76. The lowest BCUT2D eigenvalue weighted by Gasteiger charge is -2.22. The molecule has 2 N–H and O–H groups in total. The number of carbonyl (C=O) groups excluding carboxylic acids is 1. The number of rotatable bonds is 8. The van der Waals surface area contributed by atoms with E-state index in [2.05, 4.69) is 17.4 Å². The largest absolute Gasteiger partial charge is 0.496 e. The molecule has 3 aromatic rings. The second-order valence-electron chi connectivity index (χ2n) is 7.70. The molecule has 1 amide bonds. The van der Waals surface area contributed by atoms with E-state index in [1.165, 1.54) is 14.2 Å². The van der Waals surface area contributed by atoms with Gasteiger partial charge in [-0.05, 0) is 34.4 Å². The fraction of sp³-hybridized carbons (Fsp3) is 0.231. The Bertz CT molecular complexity index is 1110. The standard InChI is InChI=1S/C26H25NO6/c1-31-22-12-7-13-23(32-2)25(22)21(14-24(28)29)27-26(30)33-15-20-18-10-5-3-8-16(18)17-9-4-6-11-19(17)20/h3-13,20-21H,14-15H2,1-2H3,(H,27,30)(H,28,29)/t21-/m1/s1. The van der Waals surface area contributed by atoms with Gasteiger partial charge in [0.1, 0.15) is 18.1 Å². The molecule has 0 aliphatic heterocycles. The molecule has 7 nitrogen and oxygen atoms in total. The summed E-state index contributed by atoms with van der Waals surface area (Å²) in [6, 6.07) is 20.3. The summed E-state index contributed by atoms with van der Waals surface area (Å²) in [6.07, 6.45) is -1.07. The second kappa shape index (κ2) is 9.65. The molecule has 3 aromatic carbocycles. The van der Waals surface area contributed by atoms with Crippen LogP contribution in [-0.4, -0.2) is 38.0 Å². The maximum Gasteiger partial charge on any atom is 0.407 e. The number of fused-ring (bicyclic) bond motifs is 3. The quantitative estimate of drug-likeness (QED) is 0.517. The van der Waals surface area contributed by atoms with Gasteiger partial charge in [0.2, 0.25) is 0 Å². The fourth-order valence-electron chi connectivity index (χ4n) is 4.41. The lowest BCUT2D eigenvalue weighted by atomic mass is 9.98. The first-order valence-corrected chi connectivity index (χ1v) is 10.6. The third-order valence-corrected chi connectivity index (χ3v) is 5.83. The summed E-state index contributed by atoms with van der Waals surface area (Å²) in [5.41, 5.74) is 4.90. The Hall–Kier alpha value is -4.00. The monoisotopic (exact) mass is 447 g/mol. The van der Waals surface area contributed by atoms with E-state index in [1.54, 1.807) is 18.2 Å². The molecule has 1 aliphatic carbocycles. The van der Waals surface area contributed by atoms with E-state index in [9.17, 15) is 14.7 Å². The van der Waals surface area contributed by atoms with Crippen LogP contribution < -0.4 is 14.8 Å². The minimum Gasteiger partial charge on any atom is -0.496 e. The van der Waals surface area contributed by atoms with E-state index < -0.39 is 18.1 Å². The highest BCUT2D eigenvalue weighted by Gasteiger charge is 2.30. The molecule has 0 heterocycles. The van der Waals surface area contributed by atoms with Crippen molar-refractivity contribution < 1.29 is 28.9 Å². The van der Waals surface area contributed by atoms with Crippen LogP contribution in [0, 0.1) is 0 Å². The molecule has 170 valence electrons. The number of hydrogen-bond donors (Lipinski definition) is 2. The molecule has 0 aromatic heterocycles. The van der Waals surface area contributed by atoms with E-state index >= 15 is 0 Å². The van der Waals surface area contributed by atoms with E-state index in [4.69, 9.17) is 14.2 Å². The lowest BCUT2D eigenvalue weighted by molar-refractivity contribution is -0.137. The summed E-state index contributed by atoms with van der Waals surface area (Å²) in [5.74, 6) is -0.340. The first kappa shape index (κ1) is 22.2. The van der Waals surface area contributed by atoms with Crippen LogP contribution in [0.1, 0.15) is 35.1 Å². The van der Waals surface area contributed by atoms with Crippen LogP contribution in [-0.2, 0) is 9.53 Å². The van der Waals surface area contributed by atoms with Gasteiger partial charge in [0, 0.05) is 5.92 Å². The van der Waals surface area contributed by atoms with Crippen LogP contribution >= 0.6 is 0 Å². The van der Waals surface area contributed by atoms with E-state index in [0.29, 0.717) is 17.1 Å². The van der Waals surface area contributed by atoms with Gasteiger partial charge >= 0.3 is 12.1 Å². The van der Waals surface area contributed by atoms with Gasteiger partial charge in [-0.15, -0.1) is 0 Å². The van der Waals surface area contributed by atoms with Crippen molar-refractivity contribution in [2.24, 2.45) is 0 Å². The molecule has 0 saturated heterocycles. The van der Waals surface area contributed by atoms with Gasteiger partial charge in [0.15, 0.2) is 0 Å². The van der Waals surface area contributed by atoms with Crippen molar-refractivity contribution >= 4 is 12.1 Å². The van der Waals surface area contributed by atoms with Gasteiger partial charge in [-0.1, -0.05) is 54.6 Å². The molecule has 1 aliphatic rings. The molecule has 0 unspecified atom stereocenters. The maximum absolute atomic E-state index is 12.8. The van der Waals surface area contributed by atoms with Crippen LogP contribution in [0.5, 0.6) is 11.5 Å². The molecule has 0 bridgehead atoms. The molecule has 33 heavy (non-hydrogen) atoms. The zero-order chi connectivity index (χ0) is 23.4. The summed E-state index contributed by atoms with van der Waals surface area (Å²) >= 11 is 0. The molecule has 1 atom stereocenters. The van der Waals surface area contributed by atoms with Crippen LogP contribution in [0.4, 0.5) is 4.79 Å². The van der Waals surface area contributed by atoms with Gasteiger partial charge in [-0.3, -0.25) is 4.79 Å². The molecule has 0 fully saturated rings. The van der Waals surface area contributed by atoms with Crippen LogP contribution in [0.3, 0.4) is 0 Å². The number of carboxylic acid groups (broad SMARTS) is 1. The van der Waals surface area contributed by atoms with Crippen molar-refractivity contribution in [2.45, 2.75) is 18.4 Å². The Kier molecular flexibility index (Phi) is 6.49. The normalized spacial score (nSPS) is 12.9. The average molecular weight is 447 g/mol. The van der Waals surface area contributed by atoms with Crippen molar-refractivity contribution in [1.29, 1.82) is 0 Å². The number of aliphatic carboxylic acids is 1. The minimum atomic E-state index is -1.08. The van der Waals surface area contributed by atoms with E-state index in [0.717, 1.165) is 22.3 Å². The summed E-state index contributed by atoms with van der Waals surface area (Å²) < 4.78 is 16.4. The average Bonchev–Trinajstić information content (AvgIpc) is 3.15. The van der Waals surface area contributed by atoms with Crippen LogP contribution in [0.15, 0.2) is 66.7 Å². The molecule has 0 saturated carbocycles. The molecule has 4 rings (SSSR count). The third-order valence-electron chi connectivity index (χ3n) is 5.83. The first-order chi connectivity index (χ1) is 16.0. The number of benzene rings is 3. The van der Waals surface area contributed by atoms with Crippen molar-refractivity contribution in [3.05, 3.63) is 83.4 Å². The Labute approximate surface area is 191 Å². The lowest BCUT2D eigenvalue weighted by Crippen LogP contribution is -2.32. The predicted molar refractivity (Wildman–Crippen MR) is 123 cm³/mol. The van der Waals surface area contributed by atoms with Gasteiger partial charge < -0.3 is 24.6 Å². The zero-order valence-corrected chi connectivity index (χ0v) is 18.4. The van der Waals surface area contributed by atoms with Gasteiger partial charge in [-0.2, -0.15) is 0 Å². The number of hydrogen-bond acceptors (Lipinski definition) is 5. The van der Waals surface area contributed by atoms with Crippen molar-refractivity contribution in [2.75, 3.05) is 20.8 Å². The Morgan fingerprint density at radius 2 is 1.42 bits per heavy atom. The second-order valence-corrected chi connectivity index (χ2v) is 7.70. The number of methoxy groups -OCH3 is 2. The van der Waals surface area contributed by atoms with Crippen molar-refractivity contribution in [3.63, 3.8) is 0 Å². The van der Waals surface area contributed by atoms with Crippen molar-refractivity contribution in [1.82, 2.24) is 5.32 Å². The van der Waals surface area contributed by atoms with Crippen LogP contribution in [0.25, 0.3) is 11.1 Å². The van der Waals surface area contributed by atoms with E-state index in [1.807, 2.05) is 36.4 Å². The Morgan fingerprint density at radius 3 is 1.94 bits per heavy atom. The maximum atomic E-state index is 12.8. The Balaban J connectivity index is 1.54. The third kappa shape index (κ3) is 4.48. The topological polar surface area (TPSA) is 94.1 Å². The summed E-state index contributed by atoms with van der Waals surface area (Å²) in [7, 11) is 2.95. The highest BCUT2D eigenvalue weighted by atomic mass is 16.5. The van der Waals surface area contributed by atoms with Crippen molar-refractivity contribution in [3.8, 4) is 22.6 Å². The fourth-order valence-corrected chi connectivity index (χ4v) is 4.41. The summed E-state index contributed by atoms with van der Waals surface area (Å²) in [6.45, 7) is 0.128. The number of alkyl carbamates (subject to hydrolysis) is 1. The summed E-state index contributed by atoms with van der Waals surface area (Å²) in [4.78, 5) is 24.3. The number of amides is 1. The number of carbonyl (C=O) groups is 2. The highest BCUT2D eigenvalue weighted by Crippen LogP contribution is 2.44. The molecule has 0 radical (unpaired) electrons. The van der Waals surface area contributed by atoms with Gasteiger partial charge in [0.25, 0.3) is 0 Å². The summed E-state index contributed by atoms with van der Waals surface area (Å²) in [5, 5.41) is 12.1. The molecular weight excluding hydrogens is 422 g/mol. The molecule has 7 heteroatoms. The van der Waals surface area contributed by atoms with Gasteiger partial charge in [-0.25, -0.2) is 4.79 Å². The minimum absolute atomic E-state index is 0.0955. The first-order valence-electron chi connectivity index (χ1n) is 10.6. The van der Waals surface area contributed by atoms with Crippen LogP contribution in [0.2, 0.25) is 0 Å². The van der Waals surface area contributed by atoms with Gasteiger partial charge in [0.05, 0.1) is 32.2 Å². The number of ether oxygens (including phenoxy) is 3. The number of carboxylic acids is 1.